The highest BCUT2D eigenvalue weighted by molar-refractivity contribution is 5.91. The monoisotopic (exact) mass is 300 g/mol. The minimum absolute atomic E-state index is 0.0649. The van der Waals surface area contributed by atoms with E-state index in [0.717, 1.165) is 43.4 Å². The van der Waals surface area contributed by atoms with Crippen molar-refractivity contribution in [2.75, 3.05) is 0 Å². The Kier molecular flexibility index (Phi) is 2.43. The molecule has 4 fully saturated rings. The van der Waals surface area contributed by atoms with Crippen LogP contribution in [0.4, 0.5) is 0 Å². The second kappa shape index (κ2) is 3.88. The van der Waals surface area contributed by atoms with Gasteiger partial charge in [0.05, 0.1) is 6.10 Å². The fourth-order valence-corrected chi connectivity index (χ4v) is 7.76. The first-order valence-corrected chi connectivity index (χ1v) is 9.34. The summed E-state index contributed by atoms with van der Waals surface area (Å²) >= 11 is 0. The first-order valence-electron chi connectivity index (χ1n) is 9.34. The summed E-state index contributed by atoms with van der Waals surface area (Å²) < 4.78 is 0. The Morgan fingerprint density at radius 2 is 1.95 bits per heavy atom. The molecule has 4 saturated carbocycles. The highest BCUT2D eigenvalue weighted by Crippen LogP contribution is 2.82. The third-order valence-corrected chi connectivity index (χ3v) is 9.08. The molecule has 5 aliphatic rings. The number of aliphatic hydroxyl groups is 1. The summed E-state index contributed by atoms with van der Waals surface area (Å²) in [6, 6.07) is 0. The van der Waals surface area contributed by atoms with E-state index in [4.69, 9.17) is 0 Å². The Bertz CT molecular complexity index is 593. The van der Waals surface area contributed by atoms with Crippen LogP contribution in [0, 0.1) is 34.0 Å². The third-order valence-electron chi connectivity index (χ3n) is 9.08. The van der Waals surface area contributed by atoms with Crippen LogP contribution in [0.25, 0.3) is 0 Å². The topological polar surface area (TPSA) is 37.3 Å². The zero-order valence-electron chi connectivity index (χ0n) is 13.9. The second-order valence-corrected chi connectivity index (χ2v) is 9.45. The van der Waals surface area contributed by atoms with Gasteiger partial charge < -0.3 is 5.11 Å². The van der Waals surface area contributed by atoms with Crippen molar-refractivity contribution in [2.45, 2.75) is 71.3 Å². The lowest BCUT2D eigenvalue weighted by atomic mass is 9.45. The molecule has 0 amide bonds. The van der Waals surface area contributed by atoms with Crippen molar-refractivity contribution in [1.82, 2.24) is 0 Å². The average molecular weight is 300 g/mol. The zero-order valence-corrected chi connectivity index (χ0v) is 13.9. The standard InChI is InChI=1S/C20H28O2/c1-18-7-5-14(21)9-12(18)3-4-16-15(18)6-8-19(2)17(22)10-13-11-20(13,16)19/h9,13,15-17,22H,3-8,10-11H2,1-2H3/t13-,15+,16-,17+,18+,19-,20+/m1/s1. The van der Waals surface area contributed by atoms with E-state index in [1.165, 1.54) is 31.3 Å². The number of ketones is 1. The lowest BCUT2D eigenvalue weighted by Gasteiger charge is -2.59. The molecule has 0 bridgehead atoms. The summed E-state index contributed by atoms with van der Waals surface area (Å²) in [5.41, 5.74) is 2.36. The highest BCUT2D eigenvalue weighted by atomic mass is 16.3. The van der Waals surface area contributed by atoms with Crippen LogP contribution in [0.15, 0.2) is 11.6 Å². The van der Waals surface area contributed by atoms with Crippen molar-refractivity contribution in [3.8, 4) is 0 Å². The van der Waals surface area contributed by atoms with E-state index >= 15 is 0 Å². The summed E-state index contributed by atoms with van der Waals surface area (Å²) in [5.74, 6) is 2.69. The number of carbonyl (C=O) groups excluding carboxylic acids is 1. The molecule has 7 atom stereocenters. The van der Waals surface area contributed by atoms with Crippen LogP contribution in [-0.2, 0) is 4.79 Å². The lowest BCUT2D eigenvalue weighted by Crippen LogP contribution is -2.53. The van der Waals surface area contributed by atoms with E-state index in [0.29, 0.717) is 11.2 Å². The molecule has 0 aromatic carbocycles. The molecule has 1 N–H and O–H groups in total. The molecule has 5 aliphatic carbocycles. The third kappa shape index (κ3) is 1.32. The number of hydrogen-bond donors (Lipinski definition) is 1. The molecule has 2 nitrogen and oxygen atoms in total. The van der Waals surface area contributed by atoms with Gasteiger partial charge in [-0.05, 0) is 85.0 Å². The summed E-state index contributed by atoms with van der Waals surface area (Å²) in [4.78, 5) is 11.9. The number of fused-ring (bicyclic) bond motifs is 3. The van der Waals surface area contributed by atoms with Crippen molar-refractivity contribution in [3.63, 3.8) is 0 Å². The van der Waals surface area contributed by atoms with Crippen molar-refractivity contribution in [2.24, 2.45) is 34.0 Å². The maximum atomic E-state index is 11.9. The smallest absolute Gasteiger partial charge is 0.155 e. The number of hydrogen-bond acceptors (Lipinski definition) is 2. The molecule has 1 spiro atoms. The first kappa shape index (κ1) is 13.8. The predicted octanol–water partition coefficient (Wildman–Crippen LogP) is 3.88. The van der Waals surface area contributed by atoms with Crippen LogP contribution >= 0.6 is 0 Å². The van der Waals surface area contributed by atoms with Gasteiger partial charge in [0.25, 0.3) is 0 Å². The quantitative estimate of drug-likeness (QED) is 0.737. The fraction of sp³-hybridized carbons (Fsp3) is 0.850. The van der Waals surface area contributed by atoms with Crippen LogP contribution in [0.2, 0.25) is 0 Å². The van der Waals surface area contributed by atoms with E-state index in [2.05, 4.69) is 13.8 Å². The summed E-state index contributed by atoms with van der Waals surface area (Å²) in [6.45, 7) is 4.84. The van der Waals surface area contributed by atoms with Crippen LogP contribution in [0.3, 0.4) is 0 Å². The largest absolute Gasteiger partial charge is 0.393 e. The maximum absolute atomic E-state index is 11.9. The molecule has 2 heteroatoms. The SMILES string of the molecule is C[C@]12CCC(=O)C=C1CC[C@@H]1[C@@H]2CC[C@]2(C)[C@@H](O)C[C@@H]3C[C@]312. The van der Waals surface area contributed by atoms with Crippen molar-refractivity contribution < 1.29 is 9.90 Å². The highest BCUT2D eigenvalue weighted by Gasteiger charge is 2.77. The fourth-order valence-electron chi connectivity index (χ4n) is 7.76. The molecule has 0 aromatic heterocycles. The Morgan fingerprint density at radius 1 is 1.14 bits per heavy atom. The molecule has 0 radical (unpaired) electrons. The van der Waals surface area contributed by atoms with Gasteiger partial charge in [0, 0.05) is 6.42 Å². The van der Waals surface area contributed by atoms with E-state index < -0.39 is 0 Å². The van der Waals surface area contributed by atoms with Crippen LogP contribution in [0.1, 0.15) is 65.2 Å². The second-order valence-electron chi connectivity index (χ2n) is 9.45. The van der Waals surface area contributed by atoms with Gasteiger partial charge in [0.15, 0.2) is 5.78 Å². The Morgan fingerprint density at radius 3 is 2.77 bits per heavy atom. The van der Waals surface area contributed by atoms with Gasteiger partial charge in [-0.2, -0.15) is 0 Å². The van der Waals surface area contributed by atoms with Crippen LogP contribution < -0.4 is 0 Å². The van der Waals surface area contributed by atoms with E-state index in [9.17, 15) is 9.90 Å². The molecular weight excluding hydrogens is 272 g/mol. The molecule has 0 unspecified atom stereocenters. The summed E-state index contributed by atoms with van der Waals surface area (Å²) in [6.07, 6.45) is 11.0. The minimum atomic E-state index is -0.0649. The number of aliphatic hydroxyl groups excluding tert-OH is 1. The number of rotatable bonds is 0. The molecule has 0 aromatic rings. The molecule has 5 rings (SSSR count). The zero-order chi connectivity index (χ0) is 15.3. The maximum Gasteiger partial charge on any atom is 0.155 e. The van der Waals surface area contributed by atoms with Crippen molar-refractivity contribution >= 4 is 5.78 Å². The minimum Gasteiger partial charge on any atom is -0.393 e. The molecule has 0 heterocycles. The molecule has 120 valence electrons. The van der Waals surface area contributed by atoms with Gasteiger partial charge in [0.2, 0.25) is 0 Å². The molecule has 0 aliphatic heterocycles. The Balaban J connectivity index is 1.57. The van der Waals surface area contributed by atoms with Gasteiger partial charge in [0.1, 0.15) is 0 Å². The van der Waals surface area contributed by atoms with E-state index in [-0.39, 0.29) is 16.9 Å². The van der Waals surface area contributed by atoms with Gasteiger partial charge in [-0.3, -0.25) is 4.79 Å². The van der Waals surface area contributed by atoms with E-state index in [1.54, 1.807) is 0 Å². The predicted molar refractivity (Wildman–Crippen MR) is 85.1 cm³/mol. The molecular formula is C20H28O2. The van der Waals surface area contributed by atoms with Crippen molar-refractivity contribution in [3.05, 3.63) is 11.6 Å². The summed E-state index contributed by atoms with van der Waals surface area (Å²) in [5, 5.41) is 10.6. The summed E-state index contributed by atoms with van der Waals surface area (Å²) in [7, 11) is 0. The number of carbonyl (C=O) groups is 1. The van der Waals surface area contributed by atoms with E-state index in [1.807, 2.05) is 6.08 Å². The molecule has 22 heavy (non-hydrogen) atoms. The Labute approximate surface area is 133 Å². The van der Waals surface area contributed by atoms with Gasteiger partial charge in [-0.1, -0.05) is 19.4 Å². The van der Waals surface area contributed by atoms with Gasteiger partial charge in [-0.25, -0.2) is 0 Å². The first-order chi connectivity index (χ1) is 10.4. The van der Waals surface area contributed by atoms with Crippen LogP contribution in [-0.4, -0.2) is 17.0 Å². The number of allylic oxidation sites excluding steroid dienone is 1. The Hall–Kier alpha value is -0.630. The normalized spacial score (nSPS) is 59.0. The average Bonchev–Trinajstić information content (AvgIpc) is 3.13. The molecule has 0 saturated heterocycles. The van der Waals surface area contributed by atoms with Crippen LogP contribution in [0.5, 0.6) is 0 Å². The lowest BCUT2D eigenvalue weighted by molar-refractivity contribution is -0.120. The van der Waals surface area contributed by atoms with Crippen molar-refractivity contribution in [1.29, 1.82) is 0 Å². The van der Waals surface area contributed by atoms with Gasteiger partial charge >= 0.3 is 0 Å². The van der Waals surface area contributed by atoms with Gasteiger partial charge in [-0.15, -0.1) is 0 Å².